The predicted molar refractivity (Wildman–Crippen MR) is 77.3 cm³/mol. The molecule has 0 saturated carbocycles. The molecule has 3 nitrogen and oxygen atoms in total. The van der Waals surface area contributed by atoms with Crippen molar-refractivity contribution in [1.29, 1.82) is 0 Å². The number of ether oxygens (including phenoxy) is 2. The van der Waals surface area contributed by atoms with Crippen LogP contribution < -0.4 is 0 Å². The van der Waals surface area contributed by atoms with Crippen LogP contribution in [0.5, 0.6) is 0 Å². The number of Topliss-reactive ketones (excluding diaryl/α,β-unsaturated/α-hetero) is 1. The Morgan fingerprint density at radius 1 is 1.26 bits per heavy atom. The van der Waals surface area contributed by atoms with Gasteiger partial charge in [0.2, 0.25) is 0 Å². The highest BCUT2D eigenvalue weighted by atomic mass is 35.5. The summed E-state index contributed by atoms with van der Waals surface area (Å²) in [4.78, 5) is 12.1. The predicted octanol–water partition coefficient (Wildman–Crippen LogP) is 4.01. The van der Waals surface area contributed by atoms with E-state index in [9.17, 15) is 4.79 Å². The van der Waals surface area contributed by atoms with Gasteiger partial charge < -0.3 is 9.47 Å². The van der Waals surface area contributed by atoms with Gasteiger partial charge in [0, 0.05) is 17.2 Å². The molecule has 106 valence electrons. The minimum atomic E-state index is -0.552. The van der Waals surface area contributed by atoms with Crippen molar-refractivity contribution in [3.63, 3.8) is 0 Å². The maximum absolute atomic E-state index is 12.1. The third-order valence-electron chi connectivity index (χ3n) is 2.51. The van der Waals surface area contributed by atoms with Crippen molar-refractivity contribution in [3.8, 4) is 0 Å². The summed E-state index contributed by atoms with van der Waals surface area (Å²) in [6.45, 7) is 5.31. The summed E-state index contributed by atoms with van der Waals surface area (Å²) in [5.74, 6) is -0.155. The first kappa shape index (κ1) is 16.4. The molecule has 0 saturated heterocycles. The first-order chi connectivity index (χ1) is 9.06. The van der Waals surface area contributed by atoms with Crippen molar-refractivity contribution >= 4 is 29.0 Å². The van der Waals surface area contributed by atoms with Gasteiger partial charge >= 0.3 is 0 Å². The Hall–Kier alpha value is -0.610. The Kier molecular flexibility index (Phi) is 7.39. The zero-order valence-electron chi connectivity index (χ0n) is 11.1. The van der Waals surface area contributed by atoms with E-state index in [-0.39, 0.29) is 5.78 Å². The number of benzene rings is 1. The van der Waals surface area contributed by atoms with Crippen LogP contribution in [0, 0.1) is 0 Å². The van der Waals surface area contributed by atoms with Gasteiger partial charge in [0.05, 0.1) is 18.2 Å². The van der Waals surface area contributed by atoms with E-state index in [1.165, 1.54) is 0 Å². The Morgan fingerprint density at radius 2 is 2.00 bits per heavy atom. The molecule has 0 amide bonds. The van der Waals surface area contributed by atoms with Crippen LogP contribution >= 0.6 is 23.2 Å². The molecule has 0 fully saturated rings. The summed E-state index contributed by atoms with van der Waals surface area (Å²) in [7, 11) is 0. The highest BCUT2D eigenvalue weighted by Gasteiger charge is 2.18. The minimum absolute atomic E-state index is 0.155. The molecule has 5 heteroatoms. The minimum Gasteiger partial charge on any atom is -0.379 e. The largest absolute Gasteiger partial charge is 0.379 e. The Morgan fingerprint density at radius 3 is 2.63 bits per heavy atom. The van der Waals surface area contributed by atoms with Gasteiger partial charge in [-0.2, -0.15) is 0 Å². The van der Waals surface area contributed by atoms with Crippen molar-refractivity contribution in [2.75, 3.05) is 19.8 Å². The average Bonchev–Trinajstić information content (AvgIpc) is 2.37. The van der Waals surface area contributed by atoms with E-state index in [1.54, 1.807) is 25.1 Å². The topological polar surface area (TPSA) is 35.5 Å². The Labute approximate surface area is 123 Å². The average molecular weight is 305 g/mol. The van der Waals surface area contributed by atoms with E-state index in [0.29, 0.717) is 35.4 Å². The highest BCUT2D eigenvalue weighted by Crippen LogP contribution is 2.22. The van der Waals surface area contributed by atoms with E-state index in [4.69, 9.17) is 32.7 Å². The number of halogens is 2. The van der Waals surface area contributed by atoms with Crippen LogP contribution in [-0.2, 0) is 9.47 Å². The highest BCUT2D eigenvalue weighted by molar-refractivity contribution is 6.37. The zero-order chi connectivity index (χ0) is 14.3. The lowest BCUT2D eigenvalue weighted by molar-refractivity contribution is 0.0150. The maximum Gasteiger partial charge on any atom is 0.192 e. The molecule has 1 unspecified atom stereocenters. The van der Waals surface area contributed by atoms with Gasteiger partial charge in [0.1, 0.15) is 6.10 Å². The van der Waals surface area contributed by atoms with E-state index in [2.05, 4.69) is 0 Å². The molecule has 1 atom stereocenters. The molecule has 0 aliphatic heterocycles. The van der Waals surface area contributed by atoms with Gasteiger partial charge in [-0.1, -0.05) is 30.1 Å². The normalized spacial score (nSPS) is 12.4. The number of carbonyl (C=O) groups excluding carboxylic acids is 1. The first-order valence-electron chi connectivity index (χ1n) is 6.24. The molecule has 0 N–H and O–H groups in total. The molecule has 1 aromatic rings. The molecule has 19 heavy (non-hydrogen) atoms. The summed E-state index contributed by atoms with van der Waals surface area (Å²) in [6, 6.07) is 4.80. The monoisotopic (exact) mass is 304 g/mol. The smallest absolute Gasteiger partial charge is 0.192 e. The summed E-state index contributed by atoms with van der Waals surface area (Å²) >= 11 is 11.8. The van der Waals surface area contributed by atoms with Crippen molar-refractivity contribution in [2.45, 2.75) is 26.4 Å². The van der Waals surface area contributed by atoms with Gasteiger partial charge in [0.15, 0.2) is 5.78 Å². The van der Waals surface area contributed by atoms with E-state index >= 15 is 0 Å². The van der Waals surface area contributed by atoms with Crippen LogP contribution in [0.15, 0.2) is 18.2 Å². The molecule has 0 bridgehead atoms. The quantitative estimate of drug-likeness (QED) is 0.538. The lowest BCUT2D eigenvalue weighted by Crippen LogP contribution is -2.23. The molecule has 0 heterocycles. The van der Waals surface area contributed by atoms with Gasteiger partial charge in [-0.15, -0.1) is 0 Å². The second kappa shape index (κ2) is 8.54. The molecule has 1 aromatic carbocycles. The van der Waals surface area contributed by atoms with Crippen LogP contribution in [0.4, 0.5) is 0 Å². The third-order valence-corrected chi connectivity index (χ3v) is 3.06. The van der Waals surface area contributed by atoms with E-state index < -0.39 is 6.10 Å². The second-order valence-electron chi connectivity index (χ2n) is 4.11. The molecule has 0 radical (unpaired) electrons. The molecule has 0 aliphatic carbocycles. The van der Waals surface area contributed by atoms with Crippen LogP contribution in [-0.4, -0.2) is 31.7 Å². The van der Waals surface area contributed by atoms with Crippen molar-refractivity contribution in [3.05, 3.63) is 33.8 Å². The van der Waals surface area contributed by atoms with Crippen molar-refractivity contribution < 1.29 is 14.3 Å². The summed E-state index contributed by atoms with van der Waals surface area (Å²) in [5, 5.41) is 0.846. The fourth-order valence-electron chi connectivity index (χ4n) is 1.51. The molecule has 0 aliphatic rings. The molecule has 0 aromatic heterocycles. The summed E-state index contributed by atoms with van der Waals surface area (Å²) in [6.07, 6.45) is 0.415. The third kappa shape index (κ3) is 5.49. The lowest BCUT2D eigenvalue weighted by atomic mass is 10.1. The number of rotatable bonds is 8. The van der Waals surface area contributed by atoms with Crippen molar-refractivity contribution in [1.82, 2.24) is 0 Å². The first-order valence-corrected chi connectivity index (χ1v) is 7.00. The van der Waals surface area contributed by atoms with Crippen molar-refractivity contribution in [2.24, 2.45) is 0 Å². The molecular weight excluding hydrogens is 287 g/mol. The van der Waals surface area contributed by atoms with Crippen LogP contribution in [0.25, 0.3) is 0 Å². The lowest BCUT2D eigenvalue weighted by Gasteiger charge is -2.13. The fourth-order valence-corrected chi connectivity index (χ4v) is 2.02. The summed E-state index contributed by atoms with van der Waals surface area (Å²) < 4.78 is 10.7. The van der Waals surface area contributed by atoms with Gasteiger partial charge in [0.25, 0.3) is 0 Å². The number of ketones is 1. The summed E-state index contributed by atoms with van der Waals surface area (Å²) in [5.41, 5.74) is 0.424. The van der Waals surface area contributed by atoms with Crippen LogP contribution in [0.3, 0.4) is 0 Å². The number of hydrogen-bond acceptors (Lipinski definition) is 3. The maximum atomic E-state index is 12.1. The fraction of sp³-hybridized carbons (Fsp3) is 0.500. The van der Waals surface area contributed by atoms with E-state index in [0.717, 1.165) is 6.42 Å². The van der Waals surface area contributed by atoms with Crippen LogP contribution in [0.1, 0.15) is 30.6 Å². The Bertz CT molecular complexity index is 421. The number of carbonyl (C=O) groups is 1. The van der Waals surface area contributed by atoms with Gasteiger partial charge in [-0.05, 0) is 31.5 Å². The SMILES string of the molecule is CCCOCCOC(C)C(=O)c1ccc(Cl)cc1Cl. The molecule has 1 rings (SSSR count). The number of hydrogen-bond donors (Lipinski definition) is 0. The Balaban J connectivity index is 2.47. The van der Waals surface area contributed by atoms with Crippen LogP contribution in [0.2, 0.25) is 10.0 Å². The van der Waals surface area contributed by atoms with E-state index in [1.807, 2.05) is 6.92 Å². The standard InChI is InChI=1S/C14H18Cl2O3/c1-3-6-18-7-8-19-10(2)14(17)12-5-4-11(15)9-13(12)16/h4-5,9-10H,3,6-8H2,1-2H3. The molecule has 0 spiro atoms. The van der Waals surface area contributed by atoms with Gasteiger partial charge in [-0.3, -0.25) is 4.79 Å². The second-order valence-corrected chi connectivity index (χ2v) is 4.96. The van der Waals surface area contributed by atoms with Gasteiger partial charge in [-0.25, -0.2) is 0 Å². The molecular formula is C14H18Cl2O3. The zero-order valence-corrected chi connectivity index (χ0v) is 12.6.